The van der Waals surface area contributed by atoms with Crippen molar-refractivity contribution in [3.05, 3.63) is 18.2 Å². The third kappa shape index (κ3) is 7.73. The van der Waals surface area contributed by atoms with E-state index in [1.54, 1.807) is 12.5 Å². The summed E-state index contributed by atoms with van der Waals surface area (Å²) in [4.78, 5) is 69.6. The van der Waals surface area contributed by atoms with Crippen molar-refractivity contribution in [3.8, 4) is 0 Å². The number of hydrogen-bond donors (Lipinski definition) is 6. The van der Waals surface area contributed by atoms with E-state index in [1.165, 1.54) is 23.0 Å². The monoisotopic (exact) mass is 497 g/mol. The molecule has 2 heterocycles. The first-order valence-corrected chi connectivity index (χ1v) is 12.2. The maximum Gasteiger partial charge on any atom is 0.326 e. The van der Waals surface area contributed by atoms with Gasteiger partial charge in [-0.15, -0.1) is 0 Å². The molecule has 0 spiro atoms. The van der Waals surface area contributed by atoms with E-state index in [-0.39, 0.29) is 12.8 Å². The Bertz CT molecular complexity index is 881. The fraction of sp³-hybridized carbons (Fsp3) is 0.600. The summed E-state index contributed by atoms with van der Waals surface area (Å²) in [5.41, 5.74) is 11.9. The summed E-state index contributed by atoms with van der Waals surface area (Å²) in [5, 5.41) is 14.1. The lowest BCUT2D eigenvalue weighted by atomic mass is 10.1. The molecule has 0 aromatic carbocycles. The predicted molar refractivity (Wildman–Crippen MR) is 123 cm³/mol. The van der Waals surface area contributed by atoms with Gasteiger partial charge in [-0.25, -0.2) is 9.78 Å². The van der Waals surface area contributed by atoms with Crippen LogP contribution in [0.5, 0.6) is 0 Å². The second-order valence-corrected chi connectivity index (χ2v) is 8.98. The van der Waals surface area contributed by atoms with Crippen LogP contribution in [0.4, 0.5) is 0 Å². The van der Waals surface area contributed by atoms with Gasteiger partial charge in [-0.05, 0) is 31.3 Å². The van der Waals surface area contributed by atoms with Crippen LogP contribution < -0.4 is 22.1 Å². The van der Waals surface area contributed by atoms with Crippen LogP contribution in [0.3, 0.4) is 0 Å². The fourth-order valence-corrected chi connectivity index (χ4v) is 4.15. The van der Waals surface area contributed by atoms with Gasteiger partial charge in [-0.3, -0.25) is 19.2 Å². The summed E-state index contributed by atoms with van der Waals surface area (Å²) in [5.74, 6) is -3.50. The number of imidazole rings is 1. The minimum absolute atomic E-state index is 0.165. The lowest BCUT2D eigenvalue weighted by Crippen LogP contribution is -2.57. The van der Waals surface area contributed by atoms with Crippen LogP contribution in [0.15, 0.2) is 12.5 Å². The van der Waals surface area contributed by atoms with E-state index in [2.05, 4.69) is 20.6 Å². The molecule has 0 bridgehead atoms. The number of carboxylic acids is 1. The van der Waals surface area contributed by atoms with Crippen LogP contribution in [-0.2, 0) is 30.4 Å². The molecule has 4 amide bonds. The van der Waals surface area contributed by atoms with E-state index in [1.807, 2.05) is 0 Å². The number of aliphatic carboxylic acids is 1. The van der Waals surface area contributed by atoms with E-state index < -0.39 is 60.2 Å². The number of H-pyrrole nitrogens is 1. The summed E-state index contributed by atoms with van der Waals surface area (Å²) >= 11 is 1.42. The summed E-state index contributed by atoms with van der Waals surface area (Å²) < 4.78 is 0. The molecule has 2 rings (SSSR count). The minimum atomic E-state index is -1.38. The highest BCUT2D eigenvalue weighted by molar-refractivity contribution is 7.98. The van der Waals surface area contributed by atoms with Crippen molar-refractivity contribution in [1.82, 2.24) is 25.5 Å². The van der Waals surface area contributed by atoms with E-state index >= 15 is 0 Å². The first-order valence-electron chi connectivity index (χ1n) is 10.8. The Balaban J connectivity index is 2.06. The van der Waals surface area contributed by atoms with Gasteiger partial charge in [0, 0.05) is 24.9 Å². The van der Waals surface area contributed by atoms with E-state index in [9.17, 15) is 29.1 Å². The van der Waals surface area contributed by atoms with Gasteiger partial charge < -0.3 is 37.1 Å². The van der Waals surface area contributed by atoms with Crippen molar-refractivity contribution < 1.29 is 29.1 Å². The molecule has 1 aliphatic rings. The Labute approximate surface area is 200 Å². The van der Waals surface area contributed by atoms with Gasteiger partial charge in [0.2, 0.25) is 23.6 Å². The second-order valence-electron chi connectivity index (χ2n) is 7.99. The van der Waals surface area contributed by atoms with E-state index in [4.69, 9.17) is 11.5 Å². The number of aromatic amines is 1. The minimum Gasteiger partial charge on any atom is -0.480 e. The molecule has 14 heteroatoms. The number of hydrogen-bond acceptors (Lipinski definition) is 8. The van der Waals surface area contributed by atoms with Crippen LogP contribution in [0, 0.1) is 0 Å². The molecule has 0 saturated carbocycles. The number of nitrogens with two attached hydrogens (primary N) is 2. The van der Waals surface area contributed by atoms with Crippen molar-refractivity contribution in [2.75, 3.05) is 18.6 Å². The quantitative estimate of drug-likeness (QED) is 0.177. The maximum absolute atomic E-state index is 13.0. The smallest absolute Gasteiger partial charge is 0.326 e. The van der Waals surface area contributed by atoms with Crippen molar-refractivity contribution >= 4 is 41.4 Å². The molecular weight excluding hydrogens is 466 g/mol. The zero-order chi connectivity index (χ0) is 25.3. The summed E-state index contributed by atoms with van der Waals surface area (Å²) in [6, 6.07) is -4.34. The van der Waals surface area contributed by atoms with Gasteiger partial charge in [0.15, 0.2) is 0 Å². The second kappa shape index (κ2) is 12.9. The lowest BCUT2D eigenvalue weighted by Gasteiger charge is -2.28. The molecule has 1 fully saturated rings. The fourth-order valence-electron chi connectivity index (χ4n) is 3.68. The van der Waals surface area contributed by atoms with Gasteiger partial charge in [0.25, 0.3) is 0 Å². The summed E-state index contributed by atoms with van der Waals surface area (Å²) in [6.07, 6.45) is 5.59. The lowest BCUT2D eigenvalue weighted by molar-refractivity contribution is -0.143. The van der Waals surface area contributed by atoms with Crippen LogP contribution in [0.2, 0.25) is 0 Å². The number of thioether (sulfide) groups is 1. The molecule has 1 aliphatic heterocycles. The summed E-state index contributed by atoms with van der Waals surface area (Å²) in [7, 11) is 0. The zero-order valence-electron chi connectivity index (χ0n) is 18.9. The van der Waals surface area contributed by atoms with Crippen LogP contribution in [-0.4, -0.2) is 92.3 Å². The molecule has 0 aliphatic carbocycles. The third-order valence-electron chi connectivity index (χ3n) is 5.41. The van der Waals surface area contributed by atoms with Gasteiger partial charge in [0.05, 0.1) is 18.8 Å². The predicted octanol–water partition coefficient (Wildman–Crippen LogP) is -2.05. The SMILES string of the molecule is CSCCC(NC(=O)C(CC(N)=O)NC(=O)C1CCCN1C(=O)C(N)Cc1cnc[nH]1)C(=O)O. The Kier molecular flexibility index (Phi) is 10.3. The molecule has 1 aromatic rings. The molecule has 13 nitrogen and oxygen atoms in total. The highest BCUT2D eigenvalue weighted by Gasteiger charge is 2.38. The number of amides is 4. The number of aromatic nitrogens is 2. The Hall–Kier alpha value is -3.13. The average molecular weight is 498 g/mol. The highest BCUT2D eigenvalue weighted by Crippen LogP contribution is 2.19. The zero-order valence-corrected chi connectivity index (χ0v) is 19.7. The van der Waals surface area contributed by atoms with Crippen LogP contribution in [0.1, 0.15) is 31.4 Å². The van der Waals surface area contributed by atoms with Crippen molar-refractivity contribution in [1.29, 1.82) is 0 Å². The molecule has 188 valence electrons. The standard InChI is InChI=1S/C20H31N7O6S/c1-34-6-4-13(20(32)33)25-17(29)14(8-16(22)28)26-18(30)15-3-2-5-27(15)19(31)12(21)7-11-9-23-10-24-11/h9-10,12-15H,2-8,21H2,1H3,(H2,22,28)(H,23,24)(H,25,29)(H,26,30)(H,32,33). The molecule has 4 unspecified atom stereocenters. The van der Waals surface area contributed by atoms with Crippen LogP contribution >= 0.6 is 11.8 Å². The maximum atomic E-state index is 13.0. The molecule has 8 N–H and O–H groups in total. The molecule has 1 saturated heterocycles. The normalized spacial score (nSPS) is 18.1. The van der Waals surface area contributed by atoms with Crippen molar-refractivity contribution in [2.45, 2.75) is 56.3 Å². The molecule has 34 heavy (non-hydrogen) atoms. The van der Waals surface area contributed by atoms with Crippen molar-refractivity contribution in [3.63, 3.8) is 0 Å². The topological polar surface area (TPSA) is 214 Å². The molecule has 1 aromatic heterocycles. The number of primary amides is 1. The third-order valence-corrected chi connectivity index (χ3v) is 6.06. The number of likely N-dealkylation sites (tertiary alicyclic amines) is 1. The Morgan fingerprint density at radius 2 is 2.03 bits per heavy atom. The first-order chi connectivity index (χ1) is 16.1. The van der Waals surface area contributed by atoms with E-state index in [0.29, 0.717) is 30.8 Å². The van der Waals surface area contributed by atoms with E-state index in [0.717, 1.165) is 0 Å². The molecule has 0 radical (unpaired) electrons. The van der Waals surface area contributed by atoms with Gasteiger partial charge >= 0.3 is 5.97 Å². The molecule has 4 atom stereocenters. The van der Waals surface area contributed by atoms with Crippen LogP contribution in [0.25, 0.3) is 0 Å². The number of carbonyl (C=O) groups excluding carboxylic acids is 4. The van der Waals surface area contributed by atoms with Gasteiger partial charge in [-0.2, -0.15) is 11.8 Å². The Morgan fingerprint density at radius 3 is 2.62 bits per heavy atom. The number of rotatable bonds is 13. The number of carboxylic acid groups (broad SMARTS) is 1. The molecular formula is C20H31N7O6S. The number of carbonyl (C=O) groups is 5. The first kappa shape index (κ1) is 27.1. The van der Waals surface area contributed by atoms with Crippen molar-refractivity contribution in [2.24, 2.45) is 11.5 Å². The van der Waals surface area contributed by atoms with Gasteiger partial charge in [0.1, 0.15) is 18.1 Å². The largest absolute Gasteiger partial charge is 0.480 e. The average Bonchev–Trinajstić information content (AvgIpc) is 3.47. The van der Waals surface area contributed by atoms with Gasteiger partial charge in [-0.1, -0.05) is 0 Å². The number of nitrogens with one attached hydrogen (secondary N) is 3. The highest BCUT2D eigenvalue weighted by atomic mass is 32.2. The Morgan fingerprint density at radius 1 is 1.29 bits per heavy atom. The summed E-state index contributed by atoms with van der Waals surface area (Å²) in [6.45, 7) is 0.316. The number of nitrogens with zero attached hydrogens (tertiary/aromatic N) is 2.